The lowest BCUT2D eigenvalue weighted by molar-refractivity contribution is 0.668. The van der Waals surface area contributed by atoms with Gasteiger partial charge in [-0.1, -0.05) is 118 Å². The largest absolute Gasteiger partial charge is 0.456 e. The number of aromatic nitrogens is 4. The first kappa shape index (κ1) is 35.0. The third-order valence-corrected chi connectivity index (χ3v) is 10.7. The molecule has 0 fully saturated rings. The summed E-state index contributed by atoms with van der Waals surface area (Å²) >= 11 is 0. The Hall–Kier alpha value is -6.40. The molecule has 0 amide bonds. The molecule has 0 atom stereocenters. The predicted octanol–water partition coefficient (Wildman–Crippen LogP) is 3.09. The lowest BCUT2D eigenvalue weighted by atomic mass is 9.64. The van der Waals surface area contributed by atoms with Gasteiger partial charge in [-0.15, -0.1) is 10.9 Å². The van der Waals surface area contributed by atoms with Gasteiger partial charge in [-0.25, -0.2) is 15.0 Å². The van der Waals surface area contributed by atoms with Gasteiger partial charge in [0.25, 0.3) is 0 Å². The SMILES string of the molecule is [B]c1c([B])c([B])c2c(c1[B])c1c([B])c([B])c(-c3ccccc3)c([B])c1n2-c1ccc2c(c1)oc1ccc(-c3nc(-c4ccccc4)nc(-c4ccccc4)n3)cc12. The van der Waals surface area contributed by atoms with E-state index in [1.807, 2.05) is 132 Å². The molecule has 7 aromatic carbocycles. The van der Waals surface area contributed by atoms with Crippen LogP contribution in [-0.4, -0.2) is 74.4 Å². The molecule has 0 unspecified atom stereocenters. The first-order valence-corrected chi connectivity index (χ1v) is 18.1. The summed E-state index contributed by atoms with van der Waals surface area (Å²) in [5, 5.41) is 2.77. The van der Waals surface area contributed by atoms with E-state index in [9.17, 15) is 0 Å². The molecule has 0 saturated carbocycles. The van der Waals surface area contributed by atoms with Crippen molar-refractivity contribution in [2.24, 2.45) is 0 Å². The van der Waals surface area contributed by atoms with Crippen LogP contribution < -0.4 is 38.2 Å². The van der Waals surface area contributed by atoms with Gasteiger partial charge in [0.2, 0.25) is 0 Å². The molecule has 5 nitrogen and oxygen atoms in total. The summed E-state index contributed by atoms with van der Waals surface area (Å²) in [7, 11) is 47.1. The maximum absolute atomic E-state index is 7.10. The van der Waals surface area contributed by atoms with E-state index in [0.29, 0.717) is 78.1 Å². The molecule has 248 valence electrons. The Morgan fingerprint density at radius 2 is 0.895 bits per heavy atom. The summed E-state index contributed by atoms with van der Waals surface area (Å²) in [5.74, 6) is 1.69. The van der Waals surface area contributed by atoms with Gasteiger partial charge in [-0.3, -0.25) is 0 Å². The van der Waals surface area contributed by atoms with Crippen molar-refractivity contribution in [2.75, 3.05) is 0 Å². The zero-order valence-electron chi connectivity index (χ0n) is 30.4. The minimum absolute atomic E-state index is 0.149. The molecule has 10 rings (SSSR count). The number of nitrogens with zero attached hydrogens (tertiary/aromatic N) is 4. The van der Waals surface area contributed by atoms with E-state index >= 15 is 0 Å². The Bertz CT molecular complexity index is 3200. The summed E-state index contributed by atoms with van der Waals surface area (Å²) in [4.78, 5) is 14.7. The molecule has 0 saturated heterocycles. The molecular formula is C45H21B7N4O. The van der Waals surface area contributed by atoms with E-state index in [2.05, 4.69) is 0 Å². The molecule has 0 aliphatic heterocycles. The second kappa shape index (κ2) is 13.4. The van der Waals surface area contributed by atoms with Gasteiger partial charge in [-0.2, -0.15) is 0 Å². The summed E-state index contributed by atoms with van der Waals surface area (Å²) in [6.07, 6.45) is 0. The topological polar surface area (TPSA) is 56.7 Å². The molecule has 0 aliphatic rings. The fraction of sp³-hybridized carbons (Fsp3) is 0. The van der Waals surface area contributed by atoms with Crippen molar-refractivity contribution in [2.45, 2.75) is 0 Å². The number of fused-ring (bicyclic) bond motifs is 6. The first-order chi connectivity index (χ1) is 27.7. The summed E-state index contributed by atoms with van der Waals surface area (Å²) in [6, 6.07) is 41.1. The minimum Gasteiger partial charge on any atom is -0.456 e. The van der Waals surface area contributed by atoms with Crippen molar-refractivity contribution in [3.05, 3.63) is 127 Å². The zero-order valence-corrected chi connectivity index (χ0v) is 30.4. The molecule has 0 N–H and O–H groups in total. The highest BCUT2D eigenvalue weighted by Gasteiger charge is 2.25. The van der Waals surface area contributed by atoms with Crippen LogP contribution in [0.1, 0.15) is 0 Å². The van der Waals surface area contributed by atoms with Gasteiger partial charge in [0.15, 0.2) is 17.5 Å². The van der Waals surface area contributed by atoms with Crippen molar-refractivity contribution < 1.29 is 4.42 Å². The Morgan fingerprint density at radius 1 is 0.386 bits per heavy atom. The van der Waals surface area contributed by atoms with Crippen LogP contribution in [0, 0.1) is 0 Å². The quantitative estimate of drug-likeness (QED) is 0.258. The lowest BCUT2D eigenvalue weighted by Gasteiger charge is -2.19. The van der Waals surface area contributed by atoms with Crippen molar-refractivity contribution in [1.82, 2.24) is 19.5 Å². The zero-order chi connectivity index (χ0) is 39.1. The van der Waals surface area contributed by atoms with Crippen molar-refractivity contribution in [3.8, 4) is 51.0 Å². The van der Waals surface area contributed by atoms with Gasteiger partial charge in [0.1, 0.15) is 66.1 Å². The number of rotatable bonds is 5. The van der Waals surface area contributed by atoms with Crippen LogP contribution in [0.15, 0.2) is 132 Å². The lowest BCUT2D eigenvalue weighted by Crippen LogP contribution is -2.48. The van der Waals surface area contributed by atoms with Crippen LogP contribution in [-0.2, 0) is 0 Å². The highest BCUT2D eigenvalue weighted by molar-refractivity contribution is 6.69. The van der Waals surface area contributed by atoms with Crippen LogP contribution in [0.2, 0.25) is 0 Å². The molecular weight excluding hydrogens is 688 g/mol. The molecule has 12 heteroatoms. The second-order valence-corrected chi connectivity index (χ2v) is 14.0. The van der Waals surface area contributed by atoms with E-state index in [4.69, 9.17) is 74.3 Å². The van der Waals surface area contributed by atoms with Gasteiger partial charge >= 0.3 is 0 Å². The standard InChI is InChI=1S/C45H21B7N4O/c46-34-31(22-10-4-1-5-11-22)37(49)41-32(35(34)47)33-36(48)38(50)39(51)40(52)42(33)56(41)26-17-18-27-28-20-25(16-19-29(28)57-30(27)21-26)45-54-43(23-12-6-2-7-13-23)53-44(55-45)24-14-8-3-9-15-24/h1-21H. The van der Waals surface area contributed by atoms with Crippen LogP contribution in [0.4, 0.5) is 0 Å². The maximum atomic E-state index is 7.10. The molecule has 0 spiro atoms. The molecule has 10 aromatic rings. The summed E-state index contributed by atoms with van der Waals surface area (Å²) < 4.78 is 8.42. The third kappa shape index (κ3) is 5.45. The normalized spacial score (nSPS) is 11.6. The van der Waals surface area contributed by atoms with E-state index in [1.165, 1.54) is 0 Å². The Kier molecular flexibility index (Phi) is 8.22. The maximum Gasteiger partial charge on any atom is 0.164 e. The predicted molar refractivity (Wildman–Crippen MR) is 241 cm³/mol. The average Bonchev–Trinajstić information content (AvgIpc) is 3.81. The first-order valence-electron chi connectivity index (χ1n) is 18.1. The van der Waals surface area contributed by atoms with Crippen molar-refractivity contribution in [1.29, 1.82) is 0 Å². The molecule has 3 heterocycles. The van der Waals surface area contributed by atoms with E-state index < -0.39 is 0 Å². The van der Waals surface area contributed by atoms with E-state index in [0.717, 1.165) is 33.0 Å². The average molecular weight is 709 g/mol. The van der Waals surface area contributed by atoms with Crippen LogP contribution in [0.5, 0.6) is 0 Å². The Balaban J connectivity index is 1.20. The smallest absolute Gasteiger partial charge is 0.164 e. The summed E-state index contributed by atoms with van der Waals surface area (Å²) in [6.45, 7) is 0. The Morgan fingerprint density at radius 3 is 1.49 bits per heavy atom. The minimum atomic E-state index is 0.149. The van der Waals surface area contributed by atoms with Gasteiger partial charge in [-0.05, 0) is 52.2 Å². The number of benzene rings is 7. The van der Waals surface area contributed by atoms with Crippen LogP contribution in [0.25, 0.3) is 94.7 Å². The number of hydrogen-bond donors (Lipinski definition) is 0. The fourth-order valence-electron chi connectivity index (χ4n) is 7.85. The molecule has 14 radical (unpaired) electrons. The molecule has 0 bridgehead atoms. The molecule has 0 aliphatic carbocycles. The Labute approximate surface area is 337 Å². The van der Waals surface area contributed by atoms with Crippen molar-refractivity contribution >= 4 is 137 Å². The highest BCUT2D eigenvalue weighted by Crippen LogP contribution is 2.36. The molecule has 3 aromatic heterocycles. The van der Waals surface area contributed by atoms with Crippen LogP contribution >= 0.6 is 0 Å². The highest BCUT2D eigenvalue weighted by atomic mass is 16.3. The monoisotopic (exact) mass is 710 g/mol. The molecule has 57 heavy (non-hydrogen) atoms. The van der Waals surface area contributed by atoms with Gasteiger partial charge in [0.05, 0.1) is 0 Å². The third-order valence-electron chi connectivity index (χ3n) is 10.7. The number of hydrogen-bond acceptors (Lipinski definition) is 4. The van der Waals surface area contributed by atoms with Gasteiger partial charge in [0, 0.05) is 50.2 Å². The fourth-order valence-corrected chi connectivity index (χ4v) is 7.85. The van der Waals surface area contributed by atoms with Crippen LogP contribution in [0.3, 0.4) is 0 Å². The van der Waals surface area contributed by atoms with Crippen molar-refractivity contribution in [3.63, 3.8) is 0 Å². The van der Waals surface area contributed by atoms with E-state index in [1.54, 1.807) is 0 Å². The second-order valence-electron chi connectivity index (χ2n) is 14.0. The summed E-state index contributed by atoms with van der Waals surface area (Å²) in [5.41, 5.74) is 8.70. The van der Waals surface area contributed by atoms with E-state index in [-0.39, 0.29) is 21.9 Å². The number of furan rings is 1. The van der Waals surface area contributed by atoms with Gasteiger partial charge < -0.3 is 8.98 Å².